The third-order valence-electron chi connectivity index (χ3n) is 7.78. The Kier molecular flexibility index (Phi) is 8.98. The van der Waals surface area contributed by atoms with E-state index >= 15 is 0 Å². The van der Waals surface area contributed by atoms with E-state index in [0.29, 0.717) is 37.7 Å². The molecule has 0 spiro atoms. The Morgan fingerprint density at radius 2 is 1.91 bits per heavy atom. The number of H-pyrrole nitrogens is 1. The molecule has 44 heavy (non-hydrogen) atoms. The normalized spacial score (nSPS) is 18.2. The summed E-state index contributed by atoms with van der Waals surface area (Å²) in [5.74, 6) is 0.597. The monoisotopic (exact) mass is 616 g/mol. The van der Waals surface area contributed by atoms with Gasteiger partial charge in [-0.1, -0.05) is 18.2 Å². The molecule has 4 aromatic rings. The zero-order chi connectivity index (χ0) is 30.5. The summed E-state index contributed by atoms with van der Waals surface area (Å²) >= 11 is 0. The zero-order valence-corrected chi connectivity index (χ0v) is 25.4. The molecule has 0 radical (unpaired) electrons. The van der Waals surface area contributed by atoms with Gasteiger partial charge in [0.05, 0.1) is 18.6 Å². The van der Waals surface area contributed by atoms with Gasteiger partial charge in [0, 0.05) is 55.2 Å². The minimum Gasteiger partial charge on any atom is -0.378 e. The largest absolute Gasteiger partial charge is 0.378 e. The molecule has 6 rings (SSSR count). The van der Waals surface area contributed by atoms with Crippen molar-refractivity contribution in [2.75, 3.05) is 49.6 Å². The molecule has 1 amide bonds. The van der Waals surface area contributed by atoms with E-state index in [-0.39, 0.29) is 11.9 Å². The molecule has 2 aliphatic heterocycles. The maximum Gasteiger partial charge on any atom is 0.274 e. The number of ether oxygens (including phenoxy) is 1. The summed E-state index contributed by atoms with van der Waals surface area (Å²) in [6.07, 6.45) is 6.41. The van der Waals surface area contributed by atoms with E-state index in [4.69, 9.17) is 4.74 Å². The van der Waals surface area contributed by atoms with Crippen LogP contribution in [0.4, 0.5) is 11.5 Å². The molecule has 2 fully saturated rings. The number of nitrogens with zero attached hydrogens (tertiary/aromatic N) is 5. The number of fused-ring (bicyclic) bond motifs is 1. The number of anilines is 2. The van der Waals surface area contributed by atoms with Gasteiger partial charge in [-0.15, -0.1) is 0 Å². The molecule has 1 atom stereocenters. The number of nitrogens with one attached hydrogen (secondary N) is 3. The van der Waals surface area contributed by atoms with Gasteiger partial charge in [0.15, 0.2) is 0 Å². The highest BCUT2D eigenvalue weighted by atomic mass is 32.2. The molecule has 5 heterocycles. The lowest BCUT2D eigenvalue weighted by Crippen LogP contribution is -2.46. The second-order valence-corrected chi connectivity index (χ2v) is 12.6. The predicted molar refractivity (Wildman–Crippen MR) is 170 cm³/mol. The molecule has 3 N–H and O–H groups in total. The number of pyridine rings is 1. The minimum atomic E-state index is -3.44. The first-order valence-corrected chi connectivity index (χ1v) is 16.3. The van der Waals surface area contributed by atoms with Crippen LogP contribution >= 0.6 is 0 Å². The van der Waals surface area contributed by atoms with E-state index in [1.807, 2.05) is 30.3 Å². The van der Waals surface area contributed by atoms with Crippen LogP contribution in [0.5, 0.6) is 0 Å². The second-order valence-electron chi connectivity index (χ2n) is 11.0. The highest BCUT2D eigenvalue weighted by Gasteiger charge is 2.23. The van der Waals surface area contributed by atoms with Crippen LogP contribution in [0.15, 0.2) is 66.5 Å². The number of sulfonamides is 1. The summed E-state index contributed by atoms with van der Waals surface area (Å²) in [6.45, 7) is 6.68. The van der Waals surface area contributed by atoms with Crippen molar-refractivity contribution in [2.45, 2.75) is 32.4 Å². The number of aromatic nitrogens is 4. The molecule has 3 aromatic heterocycles. The Morgan fingerprint density at radius 1 is 1.09 bits per heavy atom. The molecular weight excluding hydrogens is 580 g/mol. The SMILES string of the molecule is C/C=C/S(=O)(=O)N[C@@H]1CCCN(Cc2ccnc(C(=O)Nc3ccc(-c4cc5c(N6CCOCC6)ncnc5[nH]4)cc3)c2)C1. The molecule has 2 aliphatic rings. The molecule has 0 unspecified atom stereocenters. The zero-order valence-electron chi connectivity index (χ0n) is 24.6. The number of rotatable bonds is 9. The van der Waals surface area contributed by atoms with Gasteiger partial charge >= 0.3 is 0 Å². The van der Waals surface area contributed by atoms with Gasteiger partial charge in [0.25, 0.3) is 5.91 Å². The van der Waals surface area contributed by atoms with Gasteiger partial charge in [-0.3, -0.25) is 14.7 Å². The quantitative estimate of drug-likeness (QED) is 0.257. The number of morpholine rings is 1. The van der Waals surface area contributed by atoms with Gasteiger partial charge in [0.1, 0.15) is 23.5 Å². The summed E-state index contributed by atoms with van der Waals surface area (Å²) in [5, 5.41) is 5.09. The number of benzene rings is 1. The van der Waals surface area contributed by atoms with Gasteiger partial charge < -0.3 is 19.9 Å². The average Bonchev–Trinajstić information content (AvgIpc) is 3.47. The first kappa shape index (κ1) is 29.9. The lowest BCUT2D eigenvalue weighted by Gasteiger charge is -2.32. The number of carbonyl (C=O) groups excluding carboxylic acids is 1. The summed E-state index contributed by atoms with van der Waals surface area (Å²) in [5.41, 5.74) is 4.56. The Bertz CT molecular complexity index is 1750. The number of hydrogen-bond acceptors (Lipinski definition) is 9. The standard InChI is InChI=1S/C31H36N8O4S/c1-2-16-44(41,42)37-25-4-3-11-38(20-25)19-22-9-10-32-28(17-22)31(40)35-24-7-5-23(6-8-24)27-18-26-29(36-27)33-21-34-30(26)39-12-14-43-15-13-39/h2,5-10,16-18,21,25,37H,3-4,11-15,19-20H2,1H3,(H,35,40)(H,33,34,36)/b16-2+/t25-/m1/s1. The first-order chi connectivity index (χ1) is 21.4. The van der Waals surface area contributed by atoms with Crippen molar-refractivity contribution in [2.24, 2.45) is 0 Å². The van der Waals surface area contributed by atoms with Crippen molar-refractivity contribution in [1.29, 1.82) is 0 Å². The van der Waals surface area contributed by atoms with Gasteiger partial charge in [-0.05, 0) is 67.8 Å². The fraction of sp³-hybridized carbons (Fsp3) is 0.355. The van der Waals surface area contributed by atoms with Crippen LogP contribution < -0.4 is 14.9 Å². The highest BCUT2D eigenvalue weighted by molar-refractivity contribution is 7.92. The Labute approximate surface area is 256 Å². The van der Waals surface area contributed by atoms with E-state index in [2.05, 4.69) is 45.8 Å². The predicted octanol–water partition coefficient (Wildman–Crippen LogP) is 3.53. The number of hydrogen-bond donors (Lipinski definition) is 3. The molecule has 2 saturated heterocycles. The van der Waals surface area contributed by atoms with E-state index in [9.17, 15) is 13.2 Å². The fourth-order valence-corrected chi connectivity index (χ4v) is 6.83. The van der Waals surface area contributed by atoms with Crippen molar-refractivity contribution in [3.8, 4) is 11.3 Å². The van der Waals surface area contributed by atoms with Crippen LogP contribution in [-0.2, 0) is 21.3 Å². The van der Waals surface area contributed by atoms with E-state index < -0.39 is 10.0 Å². The maximum absolute atomic E-state index is 13.1. The van der Waals surface area contributed by atoms with Crippen molar-refractivity contribution in [3.05, 3.63) is 77.7 Å². The minimum absolute atomic E-state index is 0.151. The number of piperidine rings is 1. The number of allylic oxidation sites excluding steroid dienone is 1. The average molecular weight is 617 g/mol. The molecule has 0 bridgehead atoms. The molecule has 13 heteroatoms. The van der Waals surface area contributed by atoms with Crippen LogP contribution in [0, 0.1) is 0 Å². The van der Waals surface area contributed by atoms with E-state index in [0.717, 1.165) is 66.1 Å². The molecular formula is C31H36N8O4S. The summed E-state index contributed by atoms with van der Waals surface area (Å²) in [7, 11) is -3.44. The van der Waals surface area contributed by atoms with Crippen molar-refractivity contribution in [3.63, 3.8) is 0 Å². The summed E-state index contributed by atoms with van der Waals surface area (Å²) < 4.78 is 32.5. The maximum atomic E-state index is 13.1. The van der Waals surface area contributed by atoms with Crippen LogP contribution in [0.25, 0.3) is 22.3 Å². The topological polar surface area (TPSA) is 145 Å². The first-order valence-electron chi connectivity index (χ1n) is 14.8. The van der Waals surface area contributed by atoms with Crippen molar-refractivity contribution in [1.82, 2.24) is 29.6 Å². The van der Waals surface area contributed by atoms with E-state index in [1.165, 1.54) is 11.5 Å². The molecule has 0 saturated carbocycles. The summed E-state index contributed by atoms with van der Waals surface area (Å²) in [6, 6.07) is 13.2. The molecule has 12 nitrogen and oxygen atoms in total. The van der Waals surface area contributed by atoms with E-state index in [1.54, 1.807) is 25.5 Å². The van der Waals surface area contributed by atoms with Crippen LogP contribution in [0.1, 0.15) is 35.8 Å². The van der Waals surface area contributed by atoms with Crippen LogP contribution in [-0.4, -0.2) is 84.6 Å². The van der Waals surface area contributed by atoms with Gasteiger partial charge in [0.2, 0.25) is 10.0 Å². The second kappa shape index (κ2) is 13.2. The van der Waals surface area contributed by atoms with Crippen LogP contribution in [0.2, 0.25) is 0 Å². The number of likely N-dealkylation sites (tertiary alicyclic amines) is 1. The Balaban J connectivity index is 1.09. The number of amides is 1. The van der Waals surface area contributed by atoms with Crippen molar-refractivity contribution >= 4 is 38.5 Å². The number of aromatic amines is 1. The summed E-state index contributed by atoms with van der Waals surface area (Å²) in [4.78, 5) is 34.1. The molecule has 230 valence electrons. The highest BCUT2D eigenvalue weighted by Crippen LogP contribution is 2.30. The molecule has 1 aromatic carbocycles. The fourth-order valence-electron chi connectivity index (χ4n) is 5.74. The van der Waals surface area contributed by atoms with Gasteiger partial charge in [-0.25, -0.2) is 23.1 Å². The van der Waals surface area contributed by atoms with Crippen LogP contribution in [0.3, 0.4) is 0 Å². The number of carbonyl (C=O) groups is 1. The lowest BCUT2D eigenvalue weighted by molar-refractivity contribution is 0.102. The smallest absolute Gasteiger partial charge is 0.274 e. The van der Waals surface area contributed by atoms with Gasteiger partial charge in [-0.2, -0.15) is 0 Å². The third kappa shape index (κ3) is 7.13. The molecule has 0 aliphatic carbocycles. The van der Waals surface area contributed by atoms with Crippen molar-refractivity contribution < 1.29 is 17.9 Å². The Hall–Kier alpha value is -4.17. The Morgan fingerprint density at radius 3 is 2.70 bits per heavy atom. The third-order valence-corrected chi connectivity index (χ3v) is 9.08. The lowest BCUT2D eigenvalue weighted by atomic mass is 10.1.